The molecule has 0 heterocycles. The molecule has 0 bridgehead atoms. The monoisotopic (exact) mass is 464 g/mol. The Morgan fingerprint density at radius 2 is 1.68 bits per heavy atom. The second-order valence-corrected chi connectivity index (χ2v) is 13.0. The van der Waals surface area contributed by atoms with Gasteiger partial charge < -0.3 is 14.9 Å². The van der Waals surface area contributed by atoms with Crippen molar-refractivity contribution in [2.45, 2.75) is 85.0 Å². The van der Waals surface area contributed by atoms with Crippen LogP contribution < -0.4 is 10.4 Å². The first-order valence-corrected chi connectivity index (χ1v) is 12.8. The van der Waals surface area contributed by atoms with Crippen LogP contribution in [-0.4, -0.2) is 23.3 Å². The highest BCUT2D eigenvalue weighted by Gasteiger charge is 2.66. The molecule has 34 heavy (non-hydrogen) atoms. The van der Waals surface area contributed by atoms with E-state index in [4.69, 9.17) is 4.74 Å². The minimum Gasteiger partial charge on any atom is -0.504 e. The number of methoxy groups -OCH3 is 1. The Balaban J connectivity index is 1.66. The van der Waals surface area contributed by atoms with Crippen LogP contribution in [0.15, 0.2) is 17.7 Å². The van der Waals surface area contributed by atoms with E-state index in [9.17, 15) is 15.0 Å². The largest absolute Gasteiger partial charge is 0.504 e. The predicted molar refractivity (Wildman–Crippen MR) is 135 cm³/mol. The molecule has 6 atom stereocenters. The molecule has 3 saturated carbocycles. The van der Waals surface area contributed by atoms with Crippen molar-refractivity contribution >= 4 is 18.6 Å². The Morgan fingerprint density at radius 1 is 1.00 bits per heavy atom. The summed E-state index contributed by atoms with van der Waals surface area (Å²) in [6, 6.07) is 1.76. The van der Waals surface area contributed by atoms with Crippen LogP contribution in [0, 0.1) is 27.6 Å². The maximum Gasteiger partial charge on any atom is 0.311 e. The Hall–Kier alpha value is -2.23. The summed E-state index contributed by atoms with van der Waals surface area (Å²) in [7, 11) is 1.52. The lowest BCUT2D eigenvalue weighted by Gasteiger charge is -2.69. The number of ether oxygens (including phenoxy) is 1. The third kappa shape index (κ3) is 2.69. The number of carbonyl (C=O) groups excluding carboxylic acids is 1. The molecule has 1 aromatic carbocycles. The van der Waals surface area contributed by atoms with Gasteiger partial charge in [0.25, 0.3) is 0 Å². The highest BCUT2D eigenvalue weighted by atomic mass is 16.5. The Labute approximate surface area is 203 Å². The predicted octanol–water partition coefficient (Wildman–Crippen LogP) is 5.07. The number of phenols is 2. The molecule has 5 rings (SSSR count). The van der Waals surface area contributed by atoms with Crippen LogP contribution in [0.5, 0.6) is 11.5 Å². The van der Waals surface area contributed by atoms with Gasteiger partial charge in [-0.3, -0.25) is 4.79 Å². The van der Waals surface area contributed by atoms with Gasteiger partial charge in [0.2, 0.25) is 0 Å². The fraction of sp³-hybridized carbons (Fsp3) is 0.633. The average Bonchev–Trinajstić information content (AvgIpc) is 2.80. The molecular weight excluding hydrogens is 424 g/mol. The minimum atomic E-state index is -0.424. The van der Waals surface area contributed by atoms with Crippen molar-refractivity contribution in [2.24, 2.45) is 27.6 Å². The van der Waals surface area contributed by atoms with Crippen molar-refractivity contribution < 1.29 is 19.7 Å². The molecule has 4 aliphatic carbocycles. The Kier molecular flexibility index (Phi) is 4.79. The van der Waals surface area contributed by atoms with Crippen molar-refractivity contribution in [3.8, 4) is 11.5 Å². The first kappa shape index (κ1) is 23.5. The van der Waals surface area contributed by atoms with E-state index in [0.29, 0.717) is 11.1 Å². The summed E-state index contributed by atoms with van der Waals surface area (Å²) in [5.74, 6) is 0.152. The SMILES string of the molecule is C=c1c(O)c(O)cc2c1=CC=C1[C@@]2(C)CC[C@@]2(C)C3C[C@](C)(C(=O)OC)CC[C@]3(C)CC[C@]12C. The van der Waals surface area contributed by atoms with Crippen molar-refractivity contribution in [1.29, 1.82) is 0 Å². The standard InChI is InChI=1S/C30H40O4/c1-18-19-8-9-22-28(4,20(19)16-21(31)24(18)32)13-15-30(6)23-17-27(3,25(33)34-7)11-10-26(23,2)12-14-29(22,30)5/h8-9,16,23,31-32H,1,10-15,17H2,2-7H3/t23?,26-,27-,28+,29-,30+/m1/s1. The van der Waals surface area contributed by atoms with E-state index in [1.807, 2.05) is 0 Å². The van der Waals surface area contributed by atoms with Crippen LogP contribution in [-0.2, 0) is 14.9 Å². The van der Waals surface area contributed by atoms with Crippen molar-refractivity contribution in [2.75, 3.05) is 7.11 Å². The van der Waals surface area contributed by atoms with Gasteiger partial charge in [0, 0.05) is 10.6 Å². The molecule has 3 fully saturated rings. The van der Waals surface area contributed by atoms with Gasteiger partial charge in [0.05, 0.1) is 12.5 Å². The van der Waals surface area contributed by atoms with E-state index >= 15 is 0 Å². The molecule has 0 radical (unpaired) electrons. The number of allylic oxidation sites excluding steroid dienone is 2. The molecule has 1 unspecified atom stereocenters. The maximum absolute atomic E-state index is 12.8. The van der Waals surface area contributed by atoms with Gasteiger partial charge in [-0.15, -0.1) is 0 Å². The molecule has 0 spiro atoms. The molecule has 0 aliphatic heterocycles. The van der Waals surface area contributed by atoms with E-state index in [0.717, 1.165) is 55.7 Å². The number of esters is 1. The molecule has 1 aromatic rings. The molecule has 0 saturated heterocycles. The average molecular weight is 465 g/mol. The fourth-order valence-corrected chi connectivity index (χ4v) is 8.80. The lowest BCUT2D eigenvalue weighted by molar-refractivity contribution is -0.179. The molecule has 4 heteroatoms. The fourth-order valence-electron chi connectivity index (χ4n) is 8.80. The van der Waals surface area contributed by atoms with Crippen LogP contribution in [0.25, 0.3) is 12.7 Å². The summed E-state index contributed by atoms with van der Waals surface area (Å²) in [5, 5.41) is 22.2. The molecule has 0 amide bonds. The van der Waals surface area contributed by atoms with Gasteiger partial charge in [-0.2, -0.15) is 0 Å². The minimum absolute atomic E-state index is 0.0262. The Bertz CT molecular complexity index is 1230. The quantitative estimate of drug-likeness (QED) is 0.450. The summed E-state index contributed by atoms with van der Waals surface area (Å²) in [5.41, 5.74) is 2.12. The second-order valence-electron chi connectivity index (χ2n) is 13.0. The zero-order valence-electron chi connectivity index (χ0n) is 21.7. The van der Waals surface area contributed by atoms with Crippen LogP contribution in [0.3, 0.4) is 0 Å². The van der Waals surface area contributed by atoms with Gasteiger partial charge in [-0.05, 0) is 90.9 Å². The number of fused-ring (bicyclic) bond motifs is 7. The van der Waals surface area contributed by atoms with Gasteiger partial charge >= 0.3 is 5.97 Å². The van der Waals surface area contributed by atoms with Gasteiger partial charge in [0.1, 0.15) is 0 Å². The highest BCUT2D eigenvalue weighted by Crippen LogP contribution is 2.74. The van der Waals surface area contributed by atoms with Crippen molar-refractivity contribution in [3.63, 3.8) is 0 Å². The molecular formula is C30H40O4. The van der Waals surface area contributed by atoms with Crippen LogP contribution in [0.1, 0.15) is 85.1 Å². The number of phenolic OH excluding ortho intramolecular Hbond substituents is 2. The summed E-state index contributed by atoms with van der Waals surface area (Å²) in [6.07, 6.45) is 11.5. The first-order valence-electron chi connectivity index (χ1n) is 12.8. The lowest BCUT2D eigenvalue weighted by Crippen LogP contribution is -2.63. The van der Waals surface area contributed by atoms with Crippen LogP contribution >= 0.6 is 0 Å². The van der Waals surface area contributed by atoms with Crippen molar-refractivity contribution in [3.05, 3.63) is 33.7 Å². The summed E-state index contributed by atoms with van der Waals surface area (Å²) < 4.78 is 5.27. The summed E-state index contributed by atoms with van der Waals surface area (Å²) in [6.45, 7) is 15.9. The van der Waals surface area contributed by atoms with Gasteiger partial charge in [-0.25, -0.2) is 0 Å². The van der Waals surface area contributed by atoms with E-state index in [2.05, 4.69) is 53.3 Å². The van der Waals surface area contributed by atoms with Gasteiger partial charge in [0.15, 0.2) is 11.5 Å². The normalized spacial score (nSPS) is 42.8. The number of hydrogen-bond acceptors (Lipinski definition) is 4. The lowest BCUT2D eigenvalue weighted by atomic mass is 9.35. The van der Waals surface area contributed by atoms with Crippen LogP contribution in [0.2, 0.25) is 0 Å². The van der Waals surface area contributed by atoms with Crippen LogP contribution in [0.4, 0.5) is 0 Å². The van der Waals surface area contributed by atoms with E-state index < -0.39 is 5.41 Å². The maximum atomic E-state index is 12.8. The smallest absolute Gasteiger partial charge is 0.311 e. The number of rotatable bonds is 1. The first-order chi connectivity index (χ1) is 15.8. The highest BCUT2D eigenvalue weighted by molar-refractivity contribution is 5.76. The van der Waals surface area contributed by atoms with Gasteiger partial charge in [-0.1, -0.05) is 52.0 Å². The number of aromatic hydroxyl groups is 2. The van der Waals surface area contributed by atoms with Crippen molar-refractivity contribution in [1.82, 2.24) is 0 Å². The van der Waals surface area contributed by atoms with E-state index in [1.165, 1.54) is 12.7 Å². The third-order valence-corrected chi connectivity index (χ3v) is 11.4. The second kappa shape index (κ2) is 6.92. The molecule has 4 nitrogen and oxygen atoms in total. The molecule has 2 N–H and O–H groups in total. The summed E-state index contributed by atoms with van der Waals surface area (Å²) in [4.78, 5) is 12.8. The third-order valence-electron chi connectivity index (χ3n) is 11.4. The Morgan fingerprint density at radius 3 is 2.35 bits per heavy atom. The zero-order valence-corrected chi connectivity index (χ0v) is 21.7. The molecule has 184 valence electrons. The summed E-state index contributed by atoms with van der Waals surface area (Å²) >= 11 is 0. The molecule has 0 aromatic heterocycles. The zero-order chi connectivity index (χ0) is 24.9. The number of hydrogen-bond donors (Lipinski definition) is 2. The van der Waals surface area contributed by atoms with E-state index in [1.54, 1.807) is 6.07 Å². The topological polar surface area (TPSA) is 66.8 Å². The molecule has 4 aliphatic rings. The number of carbonyl (C=O) groups is 1. The van der Waals surface area contributed by atoms with E-state index in [-0.39, 0.29) is 39.1 Å². The number of benzene rings is 1.